The van der Waals surface area contributed by atoms with Crippen molar-refractivity contribution in [2.24, 2.45) is 0 Å². The fourth-order valence-corrected chi connectivity index (χ4v) is 22.2. The molecule has 0 unspecified atom stereocenters. The van der Waals surface area contributed by atoms with Gasteiger partial charge in [0.25, 0.3) is 0 Å². The molecule has 0 saturated heterocycles. The van der Waals surface area contributed by atoms with E-state index in [1.54, 1.807) is 44.5 Å². The Morgan fingerprint density at radius 3 is 0.582 bits per heavy atom. The van der Waals surface area contributed by atoms with Gasteiger partial charge < -0.3 is 0 Å². The average molecular weight is 1460 g/mol. The van der Waals surface area contributed by atoms with Gasteiger partial charge in [0.15, 0.2) is 0 Å². The maximum atomic E-state index is 2.74. The standard InChI is InChI=1S/C110H136/c1-9-17-25-40-66-107(67-41-26-18-10-2)99-52-38-36-50-89(99)91-60-54-81(74-101(91)107)83-56-62-93-95-64-58-85(78-105(95)109(103(93)76-83,70-44-29-21-13-5)71-45-30-22-14-6)97-80-98(88-49-35-33-34-48-87(88)97)86-59-65-96-94-63-57-84(77-104(94)110(106(96)79-86,72-46-31-23-15-7)73-47-32-24-16-8)82-55-61-92-90-51-37-39-53-100(90)108(102(92)75-82,68-42-27-19-11-3)69-43-28-20-12-4/h33-39,48-65,74-80H,9-32,40-47,66-73H2,1-8H3. The van der Waals surface area contributed by atoms with Gasteiger partial charge in [0.1, 0.15) is 0 Å². The summed E-state index contributed by atoms with van der Waals surface area (Å²) >= 11 is 0. The van der Waals surface area contributed by atoms with Crippen molar-refractivity contribution in [1.29, 1.82) is 0 Å². The van der Waals surface area contributed by atoms with E-state index in [1.807, 2.05) is 0 Å². The van der Waals surface area contributed by atoms with Crippen LogP contribution in [0.3, 0.4) is 0 Å². The molecule has 8 aromatic carbocycles. The van der Waals surface area contributed by atoms with Gasteiger partial charge in [-0.3, -0.25) is 0 Å². The maximum absolute atomic E-state index is 2.74. The largest absolute Gasteiger partial charge is 0.0654 e. The van der Waals surface area contributed by atoms with Crippen LogP contribution >= 0.6 is 0 Å². The Hall–Kier alpha value is -7.54. The number of unbranched alkanes of at least 4 members (excludes halogenated alkanes) is 24. The minimum Gasteiger partial charge on any atom is -0.0654 e. The van der Waals surface area contributed by atoms with Crippen LogP contribution in [0.15, 0.2) is 194 Å². The van der Waals surface area contributed by atoms with Gasteiger partial charge in [0.05, 0.1) is 0 Å². The predicted octanol–water partition coefficient (Wildman–Crippen LogP) is 34.3. The Labute approximate surface area is 668 Å². The Bertz CT molecular complexity index is 4310. The second kappa shape index (κ2) is 37.0. The van der Waals surface area contributed by atoms with Crippen molar-refractivity contribution in [3.63, 3.8) is 0 Å². The zero-order valence-corrected chi connectivity index (χ0v) is 69.8. The van der Waals surface area contributed by atoms with Gasteiger partial charge in [-0.2, -0.15) is 0 Å². The van der Waals surface area contributed by atoms with Crippen LogP contribution in [-0.2, 0) is 21.7 Å². The first kappa shape index (κ1) is 79.1. The molecule has 110 heavy (non-hydrogen) atoms. The number of rotatable bonds is 44. The van der Waals surface area contributed by atoms with Crippen LogP contribution in [-0.4, -0.2) is 0 Å². The lowest BCUT2D eigenvalue weighted by atomic mass is 9.69. The molecular formula is C110H136. The summed E-state index contributed by atoms with van der Waals surface area (Å²) in [6.07, 6.45) is 50.7. The van der Waals surface area contributed by atoms with Gasteiger partial charge in [-0.25, -0.2) is 0 Å². The van der Waals surface area contributed by atoms with Gasteiger partial charge in [0.2, 0.25) is 0 Å². The molecule has 0 heteroatoms. The fourth-order valence-electron chi connectivity index (χ4n) is 22.2. The van der Waals surface area contributed by atoms with E-state index < -0.39 is 0 Å². The number of hydrogen-bond acceptors (Lipinski definition) is 0. The molecule has 8 aromatic rings. The van der Waals surface area contributed by atoms with E-state index in [-0.39, 0.29) is 21.7 Å². The minimum absolute atomic E-state index is 0.0496. The van der Waals surface area contributed by atoms with Crippen molar-refractivity contribution < 1.29 is 0 Å². The molecule has 0 nitrogen and oxygen atoms in total. The van der Waals surface area contributed by atoms with E-state index in [0.717, 1.165) is 0 Å². The molecule has 0 N–H and O–H groups in total. The molecular weight excluding hydrogens is 1320 g/mol. The van der Waals surface area contributed by atoms with Gasteiger partial charge in [0, 0.05) is 21.7 Å². The zero-order valence-electron chi connectivity index (χ0n) is 69.8. The van der Waals surface area contributed by atoms with E-state index in [1.165, 1.54) is 357 Å². The van der Waals surface area contributed by atoms with Gasteiger partial charge in [-0.15, -0.1) is 0 Å². The Morgan fingerprint density at radius 1 is 0.145 bits per heavy atom. The third-order valence-electron chi connectivity index (χ3n) is 28.1. The Balaban J connectivity index is 0.869. The molecule has 0 amide bonds. The molecule has 0 heterocycles. The van der Waals surface area contributed by atoms with Crippen molar-refractivity contribution >= 4 is 0 Å². The van der Waals surface area contributed by atoms with Crippen LogP contribution in [0.1, 0.15) is 357 Å². The summed E-state index contributed by atoms with van der Waals surface area (Å²) < 4.78 is 0. The topological polar surface area (TPSA) is 0 Å². The molecule has 576 valence electrons. The maximum Gasteiger partial charge on any atom is 0.0215 e. The molecule has 0 fully saturated rings. The molecule has 0 saturated carbocycles. The first-order valence-electron chi connectivity index (χ1n) is 45.8. The van der Waals surface area contributed by atoms with E-state index >= 15 is 0 Å². The van der Waals surface area contributed by atoms with E-state index in [4.69, 9.17) is 0 Å². The summed E-state index contributed by atoms with van der Waals surface area (Å²) in [5.74, 6) is 0. The smallest absolute Gasteiger partial charge is 0.0215 e. The van der Waals surface area contributed by atoms with E-state index in [9.17, 15) is 0 Å². The van der Waals surface area contributed by atoms with Gasteiger partial charge in [-0.1, -0.05) is 413 Å². The predicted molar refractivity (Wildman–Crippen MR) is 480 cm³/mol. The second-order valence-corrected chi connectivity index (χ2v) is 35.2. The van der Waals surface area contributed by atoms with E-state index in [2.05, 4.69) is 250 Å². The molecule has 0 spiro atoms. The van der Waals surface area contributed by atoms with Gasteiger partial charge in [-0.05, 0) is 238 Å². The summed E-state index contributed by atoms with van der Waals surface area (Å²) in [7, 11) is 0. The van der Waals surface area contributed by atoms with Crippen LogP contribution in [0.5, 0.6) is 0 Å². The molecule has 14 rings (SSSR count). The normalized spacial score (nSPS) is 14.7. The highest BCUT2D eigenvalue weighted by atomic mass is 14.5. The highest BCUT2D eigenvalue weighted by Crippen LogP contribution is 2.62. The lowest BCUT2D eigenvalue weighted by Gasteiger charge is -2.34. The lowest BCUT2D eigenvalue weighted by molar-refractivity contribution is 0.401. The molecule has 0 atom stereocenters. The number of benzene rings is 8. The van der Waals surface area contributed by atoms with E-state index in [0.29, 0.717) is 0 Å². The summed E-state index contributed by atoms with van der Waals surface area (Å²) in [4.78, 5) is 0. The summed E-state index contributed by atoms with van der Waals surface area (Å²) in [6.45, 7) is 19.0. The fraction of sp³-hybridized carbons (Fsp3) is 0.473. The minimum atomic E-state index is -0.0887. The van der Waals surface area contributed by atoms with Gasteiger partial charge >= 0.3 is 0 Å². The third kappa shape index (κ3) is 15.6. The van der Waals surface area contributed by atoms with Crippen LogP contribution in [0.25, 0.3) is 100 Å². The third-order valence-corrected chi connectivity index (χ3v) is 28.1. The Morgan fingerprint density at radius 2 is 0.336 bits per heavy atom. The van der Waals surface area contributed by atoms with Crippen molar-refractivity contribution in [1.82, 2.24) is 0 Å². The zero-order chi connectivity index (χ0) is 75.9. The second-order valence-electron chi connectivity index (χ2n) is 35.2. The quantitative estimate of drug-likeness (QED) is 0.0334. The molecule has 6 aliphatic carbocycles. The highest BCUT2D eigenvalue weighted by molar-refractivity contribution is 6.00. The average Bonchev–Trinajstić information content (AvgIpc) is 1.62. The molecule has 0 aromatic heterocycles. The number of hydrogen-bond donors (Lipinski definition) is 0. The molecule has 6 aliphatic rings. The molecule has 0 radical (unpaired) electrons. The number of fused-ring (bicyclic) bond motifs is 13. The summed E-state index contributed by atoms with van der Waals surface area (Å²) in [6, 6.07) is 80.5. The summed E-state index contributed by atoms with van der Waals surface area (Å²) in [5.41, 5.74) is 38.2. The highest BCUT2D eigenvalue weighted by Gasteiger charge is 2.48. The van der Waals surface area contributed by atoms with Crippen molar-refractivity contribution in [3.05, 3.63) is 239 Å². The van der Waals surface area contributed by atoms with Crippen molar-refractivity contribution in [3.8, 4) is 100 Å². The lowest BCUT2D eigenvalue weighted by Crippen LogP contribution is -2.26. The first-order valence-corrected chi connectivity index (χ1v) is 45.8. The monoisotopic (exact) mass is 1460 g/mol. The van der Waals surface area contributed by atoms with Crippen molar-refractivity contribution in [2.45, 2.75) is 334 Å². The van der Waals surface area contributed by atoms with Crippen LogP contribution in [0, 0.1) is 0 Å². The van der Waals surface area contributed by atoms with Crippen LogP contribution in [0.2, 0.25) is 0 Å². The first-order chi connectivity index (χ1) is 54.2. The van der Waals surface area contributed by atoms with Crippen LogP contribution < -0.4 is 0 Å². The molecule has 0 aliphatic heterocycles. The summed E-state index contributed by atoms with van der Waals surface area (Å²) in [5, 5.41) is 0. The van der Waals surface area contributed by atoms with Crippen molar-refractivity contribution in [2.75, 3.05) is 0 Å². The van der Waals surface area contributed by atoms with Crippen LogP contribution in [0.4, 0.5) is 0 Å². The Kier molecular flexibility index (Phi) is 26.6. The SMILES string of the molecule is CCCCCCC1(CCCCCC)c2ccccc2-c2ccc(-c3ccc4c(c3)C(CCCCCC)(CCCCCC)c3cc(-c5cc(-c6ccc7c(c6)C(CCCCCC)(CCCCCC)c6cc(-c8ccc9c(c8)C(CCCCCC)(CCCCCC)c8ccccc8-9)ccc6-7)c6cccccc5-6)ccc3-4)cc21. The molecule has 0 bridgehead atoms.